The molecule has 6 aromatic rings. The van der Waals surface area contributed by atoms with Crippen LogP contribution in [0.1, 0.15) is 61.8 Å². The van der Waals surface area contributed by atoms with E-state index in [1.807, 2.05) is 39.8 Å². The van der Waals surface area contributed by atoms with E-state index in [2.05, 4.69) is 0 Å². The van der Waals surface area contributed by atoms with Gasteiger partial charge in [-0.1, -0.05) is 27.7 Å². The van der Waals surface area contributed by atoms with Gasteiger partial charge in [-0.15, -0.1) is 0 Å². The van der Waals surface area contributed by atoms with Crippen molar-refractivity contribution in [3.63, 3.8) is 0 Å². The molecule has 4 aromatic carbocycles. The van der Waals surface area contributed by atoms with Crippen LogP contribution in [0, 0.1) is 10.4 Å². The van der Waals surface area contributed by atoms with Crippen molar-refractivity contribution in [1.82, 2.24) is 0 Å². The lowest BCUT2D eigenvalue weighted by Crippen LogP contribution is -2.28. The highest BCUT2D eigenvalue weighted by atomic mass is 16.5. The summed E-state index contributed by atoms with van der Waals surface area (Å²) in [6, 6.07) is 3.78. The Morgan fingerprint density at radius 1 is 0.649 bits per heavy atom. The number of aromatic hydroxyl groups is 4. The number of phenols is 2. The van der Waals surface area contributed by atoms with E-state index in [0.717, 1.165) is 11.1 Å². The molecule has 0 amide bonds. The second-order valence-corrected chi connectivity index (χ2v) is 10.6. The number of hydrogen-bond donors (Lipinski definition) is 4. The summed E-state index contributed by atoms with van der Waals surface area (Å²) < 4.78 is 11.6. The zero-order valence-corrected chi connectivity index (χ0v) is 20.4. The minimum absolute atomic E-state index is 0.0105. The molecule has 8 nitrogen and oxygen atoms in total. The molecule has 7 rings (SSSR count). The second kappa shape index (κ2) is 6.64. The average molecular weight is 498 g/mol. The maximum absolute atomic E-state index is 13.0. The van der Waals surface area contributed by atoms with Gasteiger partial charge in [-0.05, 0) is 52.3 Å². The summed E-state index contributed by atoms with van der Waals surface area (Å²) in [5, 5.41) is 45.9. The molecule has 1 aliphatic rings. The summed E-state index contributed by atoms with van der Waals surface area (Å²) in [5.41, 5.74) is 1.64. The van der Waals surface area contributed by atoms with Crippen molar-refractivity contribution in [2.24, 2.45) is 0 Å². The van der Waals surface area contributed by atoms with Crippen LogP contribution in [0.5, 0.6) is 23.4 Å². The molecule has 2 aromatic heterocycles. The molecule has 0 unspecified atom stereocenters. The Hall–Kier alpha value is -4.46. The predicted octanol–water partition coefficient (Wildman–Crippen LogP) is 5.34. The molecule has 0 spiro atoms. The van der Waals surface area contributed by atoms with Crippen LogP contribution in [0.15, 0.2) is 30.6 Å². The van der Waals surface area contributed by atoms with E-state index in [4.69, 9.17) is 8.83 Å². The Balaban J connectivity index is 1.82. The first-order valence-corrected chi connectivity index (χ1v) is 12.1. The monoisotopic (exact) mass is 498 g/mol. The first kappa shape index (κ1) is 21.8. The first-order valence-electron chi connectivity index (χ1n) is 12.1. The molecule has 1 aliphatic carbocycles. The smallest absolute Gasteiger partial charge is 0.294 e. The fraction of sp³-hybridized carbons (Fsp3) is 0.241. The summed E-state index contributed by atoms with van der Waals surface area (Å²) in [7, 11) is 0. The van der Waals surface area contributed by atoms with Crippen molar-refractivity contribution in [2.75, 3.05) is 0 Å². The Kier molecular flexibility index (Phi) is 3.91. The molecule has 0 fully saturated rings. The van der Waals surface area contributed by atoms with Crippen molar-refractivity contribution in [2.45, 2.75) is 46.0 Å². The van der Waals surface area contributed by atoms with Crippen LogP contribution in [0.3, 0.4) is 0 Å². The van der Waals surface area contributed by atoms with Crippen LogP contribution in [0.25, 0.3) is 43.5 Å². The average Bonchev–Trinajstić information content (AvgIpc) is 3.46. The first-order chi connectivity index (χ1) is 17.5. The van der Waals surface area contributed by atoms with Crippen molar-refractivity contribution in [3.8, 4) is 23.4 Å². The lowest BCUT2D eigenvalue weighted by atomic mass is 9.91. The molecule has 0 atom stereocenters. The summed E-state index contributed by atoms with van der Waals surface area (Å²) in [6.45, 7) is 7.47. The molecule has 0 aliphatic heterocycles. The van der Waals surface area contributed by atoms with Crippen LogP contribution < -0.4 is 10.9 Å². The topological polar surface area (TPSA) is 141 Å². The molecular formula is C29H22O8. The minimum Gasteiger partial charge on any atom is -0.504 e. The van der Waals surface area contributed by atoms with Gasteiger partial charge in [-0.2, -0.15) is 0 Å². The fourth-order valence-electron chi connectivity index (χ4n) is 6.41. The van der Waals surface area contributed by atoms with Gasteiger partial charge in [0.05, 0.1) is 0 Å². The summed E-state index contributed by atoms with van der Waals surface area (Å²) in [4.78, 5) is 25.9. The van der Waals surface area contributed by atoms with E-state index in [1.54, 1.807) is 0 Å². The zero-order valence-electron chi connectivity index (χ0n) is 20.4. The minimum atomic E-state index is -0.805. The van der Waals surface area contributed by atoms with E-state index in [1.165, 1.54) is 0 Å². The third-order valence-electron chi connectivity index (χ3n) is 7.81. The molecule has 37 heavy (non-hydrogen) atoms. The predicted molar refractivity (Wildman–Crippen MR) is 138 cm³/mol. The van der Waals surface area contributed by atoms with E-state index >= 15 is 0 Å². The zero-order chi connectivity index (χ0) is 26.2. The number of furan rings is 2. The van der Waals surface area contributed by atoms with E-state index in [9.17, 15) is 30.0 Å². The molecule has 0 bridgehead atoms. The molecule has 4 N–H and O–H groups in total. The van der Waals surface area contributed by atoms with Gasteiger partial charge in [0.2, 0.25) is 10.9 Å². The number of fused-ring (bicyclic) bond motifs is 4. The summed E-state index contributed by atoms with van der Waals surface area (Å²) in [6.07, 6.45) is 0.430. The van der Waals surface area contributed by atoms with Crippen molar-refractivity contribution in [3.05, 3.63) is 65.3 Å². The van der Waals surface area contributed by atoms with Crippen molar-refractivity contribution >= 4 is 43.5 Å². The lowest BCUT2D eigenvalue weighted by molar-refractivity contribution is 0.347. The van der Waals surface area contributed by atoms with Gasteiger partial charge in [0.15, 0.2) is 11.5 Å². The number of benzene rings is 4. The largest absolute Gasteiger partial charge is 0.504 e. The number of phenolic OH excluding ortho intramolecular Hbond substituents is 2. The highest BCUT2D eigenvalue weighted by Gasteiger charge is 2.31. The van der Waals surface area contributed by atoms with Gasteiger partial charge in [0, 0.05) is 32.3 Å². The van der Waals surface area contributed by atoms with Gasteiger partial charge in [0.1, 0.15) is 21.9 Å². The Morgan fingerprint density at radius 2 is 1.14 bits per heavy atom. The van der Waals surface area contributed by atoms with E-state index < -0.39 is 28.5 Å². The molecule has 8 heteroatoms. The number of hydrogen-bond acceptors (Lipinski definition) is 8. The van der Waals surface area contributed by atoms with E-state index in [-0.39, 0.29) is 33.9 Å². The van der Waals surface area contributed by atoms with Gasteiger partial charge in [0.25, 0.3) is 11.9 Å². The summed E-state index contributed by atoms with van der Waals surface area (Å²) >= 11 is 0. The van der Waals surface area contributed by atoms with Crippen LogP contribution >= 0.6 is 0 Å². The van der Waals surface area contributed by atoms with E-state index in [0.29, 0.717) is 55.1 Å². The maximum atomic E-state index is 13.0. The van der Waals surface area contributed by atoms with Crippen LogP contribution in [-0.4, -0.2) is 20.4 Å². The Labute approximate surface area is 207 Å². The quantitative estimate of drug-likeness (QED) is 0.185. The molecule has 0 saturated carbocycles. The molecular weight excluding hydrogens is 476 g/mol. The van der Waals surface area contributed by atoms with Crippen LogP contribution in [0.2, 0.25) is 0 Å². The van der Waals surface area contributed by atoms with Gasteiger partial charge < -0.3 is 29.3 Å². The Bertz CT molecular complexity index is 2200. The SMILES string of the molecule is CC(C)c1c(O)c(O)c2c(O)oc3c4c(cc1c23)Cc1cc2c(C(C)C)c(=O)c(=O)c3c(O)oc(c1=4)c23. The lowest BCUT2D eigenvalue weighted by Gasteiger charge is -2.14. The van der Waals surface area contributed by atoms with Crippen molar-refractivity contribution in [1.29, 1.82) is 0 Å². The van der Waals surface area contributed by atoms with Gasteiger partial charge >= 0.3 is 0 Å². The molecule has 186 valence electrons. The second-order valence-electron chi connectivity index (χ2n) is 10.6. The van der Waals surface area contributed by atoms with Gasteiger partial charge in [-0.25, -0.2) is 0 Å². The highest BCUT2D eigenvalue weighted by Crippen LogP contribution is 2.52. The third kappa shape index (κ3) is 2.38. The maximum Gasteiger partial charge on any atom is 0.294 e. The summed E-state index contributed by atoms with van der Waals surface area (Å²) in [5.74, 6) is -2.28. The third-order valence-corrected chi connectivity index (χ3v) is 7.81. The highest BCUT2D eigenvalue weighted by molar-refractivity contribution is 6.17. The Morgan fingerprint density at radius 3 is 1.68 bits per heavy atom. The molecule has 2 heterocycles. The van der Waals surface area contributed by atoms with Crippen molar-refractivity contribution < 1.29 is 29.3 Å². The normalized spacial score (nSPS) is 13.4. The van der Waals surface area contributed by atoms with Crippen LogP contribution in [0.4, 0.5) is 0 Å². The number of rotatable bonds is 2. The van der Waals surface area contributed by atoms with Gasteiger partial charge in [-0.3, -0.25) is 9.59 Å². The molecule has 0 radical (unpaired) electrons. The standard InChI is InChI=1S/C29H22O8/c1-8(2)14-12-6-10-5-11-7-13-15(9(3)4)23(31)25(33)21-19(13)27(37-29(21)35)17(11)16(10)26-18(12)20(28(34)36-26)24(32)22(14)30/h6-9,30,32,34-35H,5H2,1-4H3. The van der Waals surface area contributed by atoms with Crippen LogP contribution in [-0.2, 0) is 6.42 Å². The molecule has 0 saturated heterocycles. The fourth-order valence-corrected chi connectivity index (χ4v) is 6.41.